The van der Waals surface area contributed by atoms with Gasteiger partial charge in [-0.05, 0) is 23.6 Å². The van der Waals surface area contributed by atoms with Crippen molar-refractivity contribution in [2.75, 3.05) is 22.9 Å². The summed E-state index contributed by atoms with van der Waals surface area (Å²) < 4.78 is 1.94. The lowest BCUT2D eigenvalue weighted by Gasteiger charge is -2.36. The second-order valence-electron chi connectivity index (χ2n) is 7.15. The Morgan fingerprint density at radius 3 is 2.61 bits per heavy atom. The van der Waals surface area contributed by atoms with E-state index in [9.17, 15) is 0 Å². The first-order valence-electron chi connectivity index (χ1n) is 9.32. The van der Waals surface area contributed by atoms with Crippen LogP contribution >= 0.6 is 0 Å². The lowest BCUT2D eigenvalue weighted by atomic mass is 9.97. The number of benzene rings is 2. The van der Waals surface area contributed by atoms with Crippen LogP contribution in [0.5, 0.6) is 0 Å². The summed E-state index contributed by atoms with van der Waals surface area (Å²) in [6.45, 7) is 1.67. The summed E-state index contributed by atoms with van der Waals surface area (Å²) in [5.41, 5.74) is 16.4. The molecule has 28 heavy (non-hydrogen) atoms. The van der Waals surface area contributed by atoms with E-state index in [1.807, 2.05) is 10.7 Å². The highest BCUT2D eigenvalue weighted by molar-refractivity contribution is 5.86. The molecule has 7 heteroatoms. The molecule has 0 amide bonds. The minimum absolute atomic E-state index is 0.129. The van der Waals surface area contributed by atoms with Crippen molar-refractivity contribution in [1.82, 2.24) is 19.7 Å². The van der Waals surface area contributed by atoms with Crippen molar-refractivity contribution in [2.45, 2.75) is 19.0 Å². The molecule has 0 bridgehead atoms. The van der Waals surface area contributed by atoms with Crippen molar-refractivity contribution < 1.29 is 0 Å². The van der Waals surface area contributed by atoms with Gasteiger partial charge in [0.1, 0.15) is 5.82 Å². The van der Waals surface area contributed by atoms with Gasteiger partial charge in [0.25, 0.3) is 0 Å². The van der Waals surface area contributed by atoms with E-state index in [1.54, 1.807) is 6.20 Å². The summed E-state index contributed by atoms with van der Waals surface area (Å²) in [5, 5.41) is 5.33. The molecule has 0 spiro atoms. The van der Waals surface area contributed by atoms with E-state index < -0.39 is 0 Å². The van der Waals surface area contributed by atoms with E-state index in [2.05, 4.69) is 68.5 Å². The molecule has 0 radical (unpaired) electrons. The quantitative estimate of drug-likeness (QED) is 0.574. The number of anilines is 3. The average Bonchev–Trinajstić information content (AvgIpc) is 3.13. The molecule has 7 nitrogen and oxygen atoms in total. The molecule has 1 aliphatic rings. The number of nitrogens with zero attached hydrogens (tertiary/aromatic N) is 5. The van der Waals surface area contributed by atoms with Gasteiger partial charge in [-0.25, -0.2) is 4.68 Å². The van der Waals surface area contributed by atoms with Gasteiger partial charge in [-0.15, -0.1) is 0 Å². The highest BCUT2D eigenvalue weighted by Gasteiger charge is 2.27. The maximum absolute atomic E-state index is 6.01. The number of hydrogen-bond acceptors (Lipinski definition) is 6. The topological polar surface area (TPSA) is 98.9 Å². The van der Waals surface area contributed by atoms with Gasteiger partial charge < -0.3 is 16.4 Å². The van der Waals surface area contributed by atoms with Crippen molar-refractivity contribution >= 4 is 28.5 Å². The average molecular weight is 371 g/mol. The van der Waals surface area contributed by atoms with Crippen molar-refractivity contribution in [3.05, 3.63) is 71.9 Å². The lowest BCUT2D eigenvalue weighted by molar-refractivity contribution is 0.439. The van der Waals surface area contributed by atoms with Crippen molar-refractivity contribution in [2.24, 2.45) is 0 Å². The minimum Gasteiger partial charge on any atom is -0.383 e. The molecule has 2 aromatic heterocycles. The van der Waals surface area contributed by atoms with Crippen LogP contribution in [0.1, 0.15) is 17.2 Å². The van der Waals surface area contributed by atoms with Gasteiger partial charge in [0.15, 0.2) is 5.65 Å². The molecule has 0 saturated carbocycles. The van der Waals surface area contributed by atoms with Crippen molar-refractivity contribution in [3.63, 3.8) is 0 Å². The van der Waals surface area contributed by atoms with Crippen LogP contribution in [0.3, 0.4) is 0 Å². The van der Waals surface area contributed by atoms with E-state index >= 15 is 0 Å². The van der Waals surface area contributed by atoms with Gasteiger partial charge in [-0.3, -0.25) is 0 Å². The third-order valence-corrected chi connectivity index (χ3v) is 5.28. The van der Waals surface area contributed by atoms with Gasteiger partial charge in [0.2, 0.25) is 5.95 Å². The fraction of sp³-hybridized carbons (Fsp3) is 0.190. The van der Waals surface area contributed by atoms with Gasteiger partial charge in [0.05, 0.1) is 17.6 Å². The Balaban J connectivity index is 1.55. The molecule has 0 aliphatic carbocycles. The molecule has 140 valence electrons. The molecule has 1 aliphatic heterocycles. The lowest BCUT2D eigenvalue weighted by Crippen LogP contribution is -2.36. The summed E-state index contributed by atoms with van der Waals surface area (Å²) in [4.78, 5) is 10.9. The first kappa shape index (κ1) is 16.6. The van der Waals surface area contributed by atoms with Crippen LogP contribution in [0.15, 0.2) is 60.8 Å². The highest BCUT2D eigenvalue weighted by atomic mass is 15.3. The Labute approximate surface area is 162 Å². The zero-order chi connectivity index (χ0) is 19.1. The Morgan fingerprint density at radius 1 is 0.964 bits per heavy atom. The maximum Gasteiger partial charge on any atom is 0.224 e. The third-order valence-electron chi connectivity index (χ3n) is 5.28. The van der Waals surface area contributed by atoms with E-state index in [-0.39, 0.29) is 12.0 Å². The molecule has 0 fully saturated rings. The largest absolute Gasteiger partial charge is 0.383 e. The maximum atomic E-state index is 6.01. The number of nitrogen functional groups attached to an aromatic ring is 2. The molecule has 5 rings (SSSR count). The molecular weight excluding hydrogens is 350 g/mol. The van der Waals surface area contributed by atoms with Crippen LogP contribution < -0.4 is 16.4 Å². The molecule has 2 aromatic carbocycles. The molecule has 1 unspecified atom stereocenters. The van der Waals surface area contributed by atoms with Gasteiger partial charge in [-0.2, -0.15) is 15.1 Å². The molecule has 4 N–H and O–H groups in total. The highest BCUT2D eigenvalue weighted by Crippen LogP contribution is 2.34. The summed E-state index contributed by atoms with van der Waals surface area (Å²) >= 11 is 0. The normalized spacial score (nSPS) is 16.3. The van der Waals surface area contributed by atoms with E-state index in [4.69, 9.17) is 11.5 Å². The predicted molar refractivity (Wildman–Crippen MR) is 111 cm³/mol. The number of rotatable bonds is 3. The van der Waals surface area contributed by atoms with E-state index in [0.717, 1.165) is 24.9 Å². The molecule has 0 saturated heterocycles. The van der Waals surface area contributed by atoms with Crippen LogP contribution in [-0.2, 0) is 13.0 Å². The van der Waals surface area contributed by atoms with Crippen LogP contribution in [-0.4, -0.2) is 26.3 Å². The second kappa shape index (κ2) is 6.53. The molecule has 1 atom stereocenters. The fourth-order valence-electron chi connectivity index (χ4n) is 4.01. The first-order chi connectivity index (χ1) is 13.7. The van der Waals surface area contributed by atoms with Crippen molar-refractivity contribution in [1.29, 1.82) is 0 Å². The van der Waals surface area contributed by atoms with E-state index in [0.29, 0.717) is 11.5 Å². The number of aromatic nitrogens is 4. The summed E-state index contributed by atoms with van der Waals surface area (Å²) in [5.74, 6) is 0.537. The Morgan fingerprint density at radius 2 is 1.75 bits per heavy atom. The van der Waals surface area contributed by atoms with Crippen LogP contribution in [0.2, 0.25) is 0 Å². The first-order valence-corrected chi connectivity index (χ1v) is 9.32. The predicted octanol–water partition coefficient (Wildman–Crippen LogP) is 2.79. The monoisotopic (exact) mass is 371 g/mol. The minimum atomic E-state index is 0.129. The second-order valence-corrected chi connectivity index (χ2v) is 7.15. The van der Waals surface area contributed by atoms with Crippen LogP contribution in [0, 0.1) is 0 Å². The van der Waals surface area contributed by atoms with Crippen molar-refractivity contribution in [3.8, 4) is 0 Å². The Bertz CT molecular complexity index is 1140. The molecule has 3 heterocycles. The molecular formula is C21H21N7. The summed E-state index contributed by atoms with van der Waals surface area (Å²) in [6, 6.07) is 19.2. The third kappa shape index (κ3) is 2.81. The zero-order valence-electron chi connectivity index (χ0n) is 15.4. The van der Waals surface area contributed by atoms with Gasteiger partial charge >= 0.3 is 0 Å². The number of para-hydroxylation sites is 1. The zero-order valence-corrected chi connectivity index (χ0v) is 15.4. The fourth-order valence-corrected chi connectivity index (χ4v) is 4.01. The summed E-state index contributed by atoms with van der Waals surface area (Å²) in [7, 11) is 0. The number of nitrogens with two attached hydrogens (primary N) is 2. The standard InChI is InChI=1S/C21H21N7/c22-19-17-11-24-28(20(17)26-21(23)25-19)16-10-15-8-4-5-9-18(15)27(13-16)12-14-6-2-1-3-7-14/h1-9,11,16H,10,12-13H2,(H4,22,23,25,26). The van der Waals surface area contributed by atoms with E-state index in [1.165, 1.54) is 16.8 Å². The number of fused-ring (bicyclic) bond motifs is 2. The number of hydrogen-bond donors (Lipinski definition) is 2. The smallest absolute Gasteiger partial charge is 0.224 e. The Hall–Kier alpha value is -3.61. The van der Waals surface area contributed by atoms with Crippen LogP contribution in [0.25, 0.3) is 11.0 Å². The molecule has 4 aromatic rings. The summed E-state index contributed by atoms with van der Waals surface area (Å²) in [6.07, 6.45) is 2.61. The van der Waals surface area contributed by atoms with Gasteiger partial charge in [0, 0.05) is 18.8 Å². The van der Waals surface area contributed by atoms with Gasteiger partial charge in [-0.1, -0.05) is 48.5 Å². The van der Waals surface area contributed by atoms with Crippen LogP contribution in [0.4, 0.5) is 17.5 Å². The SMILES string of the molecule is Nc1nc(N)c2cnn(C3Cc4ccccc4N(Cc4ccccc4)C3)c2n1. The Kier molecular flexibility index (Phi) is 3.86.